The SMILES string of the molecule is CC[C@H](CO)Nc1nc(NCc2ccccc2)c2ncn(C(C)C)c2n1.Nc1ccn([C@@H]2O[C@H](CO)[C@@H](O)C2(F)F)c(=O)n1. The minimum atomic E-state index is -3.71. The Morgan fingerprint density at radius 2 is 1.86 bits per heavy atom. The van der Waals surface area contributed by atoms with E-state index in [0.717, 1.165) is 29.8 Å². The zero-order chi connectivity index (χ0) is 32.0. The van der Waals surface area contributed by atoms with Gasteiger partial charge in [-0.05, 0) is 31.9 Å². The molecule has 1 fully saturated rings. The highest BCUT2D eigenvalue weighted by Crippen LogP contribution is 2.41. The number of aromatic nitrogens is 6. The van der Waals surface area contributed by atoms with Crippen molar-refractivity contribution in [1.29, 1.82) is 0 Å². The number of hydrogen-bond donors (Lipinski definition) is 6. The average molecular weight is 618 g/mol. The van der Waals surface area contributed by atoms with Gasteiger partial charge in [-0.3, -0.25) is 4.57 Å². The number of nitrogens with zero attached hydrogens (tertiary/aromatic N) is 6. The molecule has 3 aromatic heterocycles. The first-order chi connectivity index (χ1) is 21.0. The van der Waals surface area contributed by atoms with Crippen LogP contribution in [-0.4, -0.2) is 81.8 Å². The van der Waals surface area contributed by atoms with E-state index in [1.807, 2.05) is 29.7 Å². The Morgan fingerprint density at radius 1 is 1.14 bits per heavy atom. The second kappa shape index (κ2) is 14.0. The average Bonchev–Trinajstić information content (AvgIpc) is 3.54. The smallest absolute Gasteiger partial charge is 0.351 e. The van der Waals surface area contributed by atoms with Crippen LogP contribution in [0, 0.1) is 0 Å². The summed E-state index contributed by atoms with van der Waals surface area (Å²) >= 11 is 0. The summed E-state index contributed by atoms with van der Waals surface area (Å²) < 4.78 is 34.7. The number of benzene rings is 1. The number of imidazole rings is 1. The molecule has 0 amide bonds. The van der Waals surface area contributed by atoms with E-state index >= 15 is 0 Å². The number of hydrogen-bond acceptors (Lipinski definition) is 12. The zero-order valence-corrected chi connectivity index (χ0v) is 24.5. The lowest BCUT2D eigenvalue weighted by Crippen LogP contribution is -2.41. The highest BCUT2D eigenvalue weighted by atomic mass is 19.3. The number of fused-ring (bicyclic) bond motifs is 1. The Bertz CT molecular complexity index is 1580. The summed E-state index contributed by atoms with van der Waals surface area (Å²) in [4.78, 5) is 28.5. The van der Waals surface area contributed by atoms with Gasteiger partial charge in [-0.15, -0.1) is 0 Å². The van der Waals surface area contributed by atoms with Gasteiger partial charge in [0.1, 0.15) is 11.9 Å². The Balaban J connectivity index is 0.000000215. The molecule has 5 rings (SSSR count). The molecule has 238 valence electrons. The van der Waals surface area contributed by atoms with Crippen LogP contribution in [0.5, 0.6) is 0 Å². The molecule has 0 radical (unpaired) electrons. The van der Waals surface area contributed by atoms with Crippen molar-refractivity contribution in [3.63, 3.8) is 0 Å². The molecule has 4 heterocycles. The van der Waals surface area contributed by atoms with E-state index in [1.54, 1.807) is 6.33 Å². The van der Waals surface area contributed by atoms with Gasteiger partial charge in [0.15, 0.2) is 23.1 Å². The molecule has 44 heavy (non-hydrogen) atoms. The number of anilines is 3. The van der Waals surface area contributed by atoms with Crippen LogP contribution in [0.3, 0.4) is 0 Å². The third-order valence-electron chi connectivity index (χ3n) is 6.99. The summed E-state index contributed by atoms with van der Waals surface area (Å²) in [5.41, 5.74) is 6.90. The first-order valence-electron chi connectivity index (χ1n) is 14.1. The number of aliphatic hydroxyl groups excluding tert-OH is 3. The van der Waals surface area contributed by atoms with E-state index in [9.17, 15) is 23.8 Å². The number of nitrogens with one attached hydrogen (secondary N) is 2. The molecule has 0 unspecified atom stereocenters. The fourth-order valence-electron chi connectivity index (χ4n) is 4.45. The predicted octanol–water partition coefficient (Wildman–Crippen LogP) is 1.91. The molecule has 1 saturated heterocycles. The van der Waals surface area contributed by atoms with Gasteiger partial charge in [-0.1, -0.05) is 37.3 Å². The highest BCUT2D eigenvalue weighted by molar-refractivity contribution is 5.84. The largest absolute Gasteiger partial charge is 0.394 e. The Morgan fingerprint density at radius 3 is 2.45 bits per heavy atom. The lowest BCUT2D eigenvalue weighted by Gasteiger charge is -2.20. The third kappa shape index (κ3) is 7.10. The number of aliphatic hydroxyl groups is 3. The Kier molecular flexibility index (Phi) is 10.4. The fourth-order valence-corrected chi connectivity index (χ4v) is 4.45. The van der Waals surface area contributed by atoms with Gasteiger partial charge in [-0.2, -0.15) is 23.7 Å². The molecule has 0 bridgehead atoms. The van der Waals surface area contributed by atoms with Crippen molar-refractivity contribution in [1.82, 2.24) is 29.1 Å². The van der Waals surface area contributed by atoms with Crippen LogP contribution < -0.4 is 22.1 Å². The maximum atomic E-state index is 13.7. The minimum Gasteiger partial charge on any atom is -0.394 e. The summed E-state index contributed by atoms with van der Waals surface area (Å²) in [5.74, 6) is -2.64. The number of nitrogens with two attached hydrogens (primary N) is 1. The van der Waals surface area contributed by atoms with E-state index in [1.165, 1.54) is 5.56 Å². The lowest BCUT2D eigenvalue weighted by molar-refractivity contribution is -0.140. The molecule has 4 atom stereocenters. The number of halogens is 2. The van der Waals surface area contributed by atoms with Crippen molar-refractivity contribution in [3.05, 3.63) is 65.0 Å². The molecule has 1 aromatic carbocycles. The summed E-state index contributed by atoms with van der Waals surface area (Å²) in [7, 11) is 0. The number of ether oxygens (including phenoxy) is 1. The highest BCUT2D eigenvalue weighted by Gasteiger charge is 2.59. The van der Waals surface area contributed by atoms with Crippen LogP contribution in [0.1, 0.15) is 45.0 Å². The summed E-state index contributed by atoms with van der Waals surface area (Å²) in [5, 5.41) is 34.2. The third-order valence-corrected chi connectivity index (χ3v) is 6.99. The van der Waals surface area contributed by atoms with Gasteiger partial charge < -0.3 is 41.0 Å². The molecular weight excluding hydrogens is 580 g/mol. The van der Waals surface area contributed by atoms with Crippen LogP contribution in [-0.2, 0) is 11.3 Å². The van der Waals surface area contributed by atoms with Crippen molar-refractivity contribution in [2.45, 2.75) is 70.2 Å². The Labute approximate surface area is 251 Å². The molecule has 1 aliphatic heterocycles. The molecule has 14 nitrogen and oxygen atoms in total. The van der Waals surface area contributed by atoms with E-state index in [4.69, 9.17) is 15.6 Å². The molecule has 0 spiro atoms. The number of alkyl halides is 2. The number of nitrogen functional groups attached to an aromatic ring is 1. The quantitative estimate of drug-likeness (QED) is 0.151. The van der Waals surface area contributed by atoms with Crippen LogP contribution in [0.2, 0.25) is 0 Å². The second-order valence-electron chi connectivity index (χ2n) is 10.5. The van der Waals surface area contributed by atoms with E-state index < -0.39 is 36.7 Å². The van der Waals surface area contributed by atoms with Crippen LogP contribution >= 0.6 is 0 Å². The van der Waals surface area contributed by atoms with E-state index in [2.05, 4.69) is 56.5 Å². The molecular formula is C28H37F2N9O5. The zero-order valence-electron chi connectivity index (χ0n) is 24.5. The summed E-state index contributed by atoms with van der Waals surface area (Å²) in [6.45, 7) is 6.10. The van der Waals surface area contributed by atoms with E-state index in [0.29, 0.717) is 22.9 Å². The molecule has 1 aliphatic rings. The first-order valence-corrected chi connectivity index (χ1v) is 14.1. The summed E-state index contributed by atoms with van der Waals surface area (Å²) in [6, 6.07) is 11.5. The van der Waals surface area contributed by atoms with Crippen molar-refractivity contribution in [3.8, 4) is 0 Å². The monoisotopic (exact) mass is 617 g/mol. The molecule has 0 aliphatic carbocycles. The maximum absolute atomic E-state index is 13.7. The Hall–Kier alpha value is -4.25. The van der Waals surface area contributed by atoms with Crippen molar-refractivity contribution < 1.29 is 28.8 Å². The van der Waals surface area contributed by atoms with Crippen LogP contribution in [0.4, 0.5) is 26.4 Å². The maximum Gasteiger partial charge on any atom is 0.351 e. The topological polar surface area (TPSA) is 198 Å². The van der Waals surface area contributed by atoms with Gasteiger partial charge in [0, 0.05) is 18.8 Å². The van der Waals surface area contributed by atoms with Gasteiger partial charge in [0.05, 0.1) is 25.6 Å². The van der Waals surface area contributed by atoms with Crippen molar-refractivity contribution >= 4 is 28.7 Å². The summed E-state index contributed by atoms with van der Waals surface area (Å²) in [6.07, 6.45) is -2.11. The van der Waals surface area contributed by atoms with E-state index in [-0.39, 0.29) is 24.5 Å². The van der Waals surface area contributed by atoms with Gasteiger partial charge in [-0.25, -0.2) is 9.78 Å². The minimum absolute atomic E-state index is 0.0358. The molecule has 16 heteroatoms. The molecule has 0 saturated carbocycles. The van der Waals surface area contributed by atoms with Crippen LogP contribution in [0.25, 0.3) is 11.2 Å². The first kappa shape index (κ1) is 32.7. The van der Waals surface area contributed by atoms with Gasteiger partial charge >= 0.3 is 11.6 Å². The van der Waals surface area contributed by atoms with Gasteiger partial charge in [0.25, 0.3) is 0 Å². The standard InChI is InChI=1S/C19H26N6O.C9H11F2N3O4/c1-4-15(11-26)22-19-23-17(20-10-14-8-6-5-7-9-14)16-18(24-19)25(12-21-16)13(2)3;10-9(11)6(16)4(3-15)18-7(9)14-2-1-5(12)13-8(14)17/h5-9,12-13,15,26H,4,10-11H2,1-3H3,(H2,20,22,23,24);1-2,4,6-7,15-16H,3H2,(H2,12,13,17)/t15-;4-,6-,7-/m11/s1. The fraction of sp³-hybridized carbons (Fsp3) is 0.464. The molecule has 4 aromatic rings. The molecule has 7 N–H and O–H groups in total. The van der Waals surface area contributed by atoms with Crippen molar-refractivity contribution in [2.24, 2.45) is 0 Å². The van der Waals surface area contributed by atoms with Crippen molar-refractivity contribution in [2.75, 3.05) is 29.6 Å². The predicted molar refractivity (Wildman–Crippen MR) is 159 cm³/mol. The normalized spacial score (nSPS) is 19.9. The lowest BCUT2D eigenvalue weighted by atomic mass is 10.1. The van der Waals surface area contributed by atoms with Crippen LogP contribution in [0.15, 0.2) is 53.7 Å². The van der Waals surface area contributed by atoms with Gasteiger partial charge in [0.2, 0.25) is 12.2 Å². The number of rotatable bonds is 10. The second-order valence-corrected chi connectivity index (χ2v) is 10.5.